The number of carbonyl (C=O) groups is 2. The summed E-state index contributed by atoms with van der Waals surface area (Å²) in [6, 6.07) is 14.7. The maximum absolute atomic E-state index is 12.2. The normalized spacial score (nSPS) is 10.2. The molecule has 0 aromatic heterocycles. The average Bonchev–Trinajstić information content (AvgIpc) is 2.62. The third-order valence-corrected chi connectivity index (χ3v) is 3.91. The number of amides is 2. The summed E-state index contributed by atoms with van der Waals surface area (Å²) in [6.45, 7) is 4.97. The van der Waals surface area contributed by atoms with Crippen molar-refractivity contribution in [2.45, 2.75) is 33.1 Å². The molecule has 26 heavy (non-hydrogen) atoms. The molecule has 2 amide bonds. The number of urea groups is 1. The van der Waals surface area contributed by atoms with Gasteiger partial charge in [0.15, 0.2) is 0 Å². The smallest absolute Gasteiger partial charge is 0.340 e. The van der Waals surface area contributed by atoms with Crippen LogP contribution in [0.2, 0.25) is 0 Å². The van der Waals surface area contributed by atoms with Crippen LogP contribution in [0.1, 0.15) is 41.3 Å². The van der Waals surface area contributed by atoms with Gasteiger partial charge in [0.25, 0.3) is 0 Å². The Morgan fingerprint density at radius 3 is 2.65 bits per heavy atom. The number of carbonyl (C=O) groups excluding carboxylic acids is 2. The number of hydrogen-bond acceptors (Lipinski definition) is 3. The van der Waals surface area contributed by atoms with E-state index in [1.165, 1.54) is 11.1 Å². The molecule has 0 spiro atoms. The van der Waals surface area contributed by atoms with E-state index in [2.05, 4.69) is 16.7 Å². The van der Waals surface area contributed by atoms with Gasteiger partial charge in [-0.05, 0) is 37.5 Å². The Hall–Kier alpha value is -2.82. The Balaban J connectivity index is 1.87. The van der Waals surface area contributed by atoms with Crippen molar-refractivity contribution in [2.24, 2.45) is 0 Å². The number of anilines is 1. The summed E-state index contributed by atoms with van der Waals surface area (Å²) in [6.07, 6.45) is 2.52. The van der Waals surface area contributed by atoms with Crippen molar-refractivity contribution in [3.8, 4) is 0 Å². The molecule has 0 unspecified atom stereocenters. The first kappa shape index (κ1) is 19.5. The Bertz CT molecular complexity index is 744. The van der Waals surface area contributed by atoms with Gasteiger partial charge in [-0.15, -0.1) is 0 Å². The molecule has 0 aliphatic carbocycles. The van der Waals surface area contributed by atoms with E-state index in [9.17, 15) is 9.59 Å². The van der Waals surface area contributed by atoms with Gasteiger partial charge >= 0.3 is 12.0 Å². The highest BCUT2D eigenvalue weighted by atomic mass is 16.5. The Kier molecular flexibility index (Phi) is 7.68. The zero-order valence-corrected chi connectivity index (χ0v) is 15.4. The first-order valence-electron chi connectivity index (χ1n) is 8.96. The first-order valence-corrected chi connectivity index (χ1v) is 8.96. The van der Waals surface area contributed by atoms with Crippen LogP contribution in [0.5, 0.6) is 0 Å². The topological polar surface area (TPSA) is 67.4 Å². The van der Waals surface area contributed by atoms with Crippen LogP contribution in [-0.2, 0) is 11.2 Å². The standard InChI is InChI=1S/C21H26N2O3/c1-3-4-14-26-20(24)18-10-5-6-11-19(18)23-21(25)22-13-12-17-9-7-8-16(2)15-17/h5-11,15H,3-4,12-14H2,1-2H3,(H2,22,23,25). The molecule has 2 N–H and O–H groups in total. The highest BCUT2D eigenvalue weighted by Gasteiger charge is 2.14. The molecular formula is C21H26N2O3. The van der Waals surface area contributed by atoms with Gasteiger partial charge in [0.05, 0.1) is 17.9 Å². The summed E-state index contributed by atoms with van der Waals surface area (Å²) >= 11 is 0. The van der Waals surface area contributed by atoms with Gasteiger partial charge in [0, 0.05) is 6.54 Å². The van der Waals surface area contributed by atoms with Crippen molar-refractivity contribution in [2.75, 3.05) is 18.5 Å². The number of unbranched alkanes of at least 4 members (excludes halogenated alkanes) is 1. The lowest BCUT2D eigenvalue weighted by atomic mass is 10.1. The molecule has 0 saturated carbocycles. The second kappa shape index (κ2) is 10.2. The van der Waals surface area contributed by atoms with Gasteiger partial charge in [0.2, 0.25) is 0 Å². The van der Waals surface area contributed by atoms with Crippen molar-refractivity contribution in [3.63, 3.8) is 0 Å². The van der Waals surface area contributed by atoms with E-state index in [1.807, 2.05) is 32.0 Å². The molecule has 5 heteroatoms. The van der Waals surface area contributed by atoms with Crippen LogP contribution in [0.15, 0.2) is 48.5 Å². The van der Waals surface area contributed by atoms with Gasteiger partial charge in [-0.2, -0.15) is 0 Å². The Labute approximate surface area is 154 Å². The summed E-state index contributed by atoms with van der Waals surface area (Å²) in [5, 5.41) is 5.54. The minimum absolute atomic E-state index is 0.341. The lowest BCUT2D eigenvalue weighted by Crippen LogP contribution is -2.31. The fourth-order valence-corrected chi connectivity index (χ4v) is 2.51. The number of ether oxygens (including phenoxy) is 1. The molecule has 0 atom stereocenters. The van der Waals surface area contributed by atoms with Crippen molar-refractivity contribution in [3.05, 3.63) is 65.2 Å². The third-order valence-electron chi connectivity index (χ3n) is 3.91. The van der Waals surface area contributed by atoms with E-state index in [1.54, 1.807) is 24.3 Å². The molecule has 0 radical (unpaired) electrons. The van der Waals surface area contributed by atoms with Crippen LogP contribution in [0, 0.1) is 6.92 Å². The van der Waals surface area contributed by atoms with Crippen LogP contribution in [0.4, 0.5) is 10.5 Å². The van der Waals surface area contributed by atoms with Crippen LogP contribution >= 0.6 is 0 Å². The number of esters is 1. The van der Waals surface area contributed by atoms with Crippen LogP contribution in [0.25, 0.3) is 0 Å². The molecule has 0 aliphatic rings. The fourth-order valence-electron chi connectivity index (χ4n) is 2.51. The second-order valence-electron chi connectivity index (χ2n) is 6.16. The summed E-state index contributed by atoms with van der Waals surface area (Å²) in [5.74, 6) is -0.422. The third kappa shape index (κ3) is 6.24. The molecule has 0 aliphatic heterocycles. The van der Waals surface area contributed by atoms with Gasteiger partial charge < -0.3 is 15.4 Å². The monoisotopic (exact) mass is 354 g/mol. The van der Waals surface area contributed by atoms with Crippen LogP contribution < -0.4 is 10.6 Å². The Morgan fingerprint density at radius 1 is 1.08 bits per heavy atom. The van der Waals surface area contributed by atoms with Gasteiger partial charge in [-0.1, -0.05) is 55.3 Å². The molecule has 5 nitrogen and oxygen atoms in total. The first-order chi connectivity index (χ1) is 12.6. The predicted molar refractivity (Wildman–Crippen MR) is 104 cm³/mol. The van der Waals surface area contributed by atoms with Crippen molar-refractivity contribution >= 4 is 17.7 Å². The van der Waals surface area contributed by atoms with E-state index in [0.717, 1.165) is 19.3 Å². The van der Waals surface area contributed by atoms with Crippen molar-refractivity contribution in [1.82, 2.24) is 5.32 Å². The lowest BCUT2D eigenvalue weighted by molar-refractivity contribution is 0.0501. The van der Waals surface area contributed by atoms with E-state index in [-0.39, 0.29) is 6.03 Å². The van der Waals surface area contributed by atoms with Gasteiger partial charge in [-0.25, -0.2) is 9.59 Å². The average molecular weight is 354 g/mol. The number of aryl methyl sites for hydroxylation is 1. The molecule has 2 aromatic rings. The van der Waals surface area contributed by atoms with Crippen molar-refractivity contribution < 1.29 is 14.3 Å². The zero-order chi connectivity index (χ0) is 18.8. The minimum atomic E-state index is -0.422. The van der Waals surface area contributed by atoms with E-state index < -0.39 is 5.97 Å². The van der Waals surface area contributed by atoms with E-state index in [0.29, 0.717) is 24.4 Å². The summed E-state index contributed by atoms with van der Waals surface area (Å²) in [5.41, 5.74) is 3.17. The fraction of sp³-hybridized carbons (Fsp3) is 0.333. The number of para-hydroxylation sites is 1. The highest BCUT2D eigenvalue weighted by Crippen LogP contribution is 2.16. The summed E-state index contributed by atoms with van der Waals surface area (Å²) in [7, 11) is 0. The second-order valence-corrected chi connectivity index (χ2v) is 6.16. The molecule has 0 fully saturated rings. The van der Waals surface area contributed by atoms with E-state index in [4.69, 9.17) is 4.74 Å². The molecule has 0 heterocycles. The number of benzene rings is 2. The lowest BCUT2D eigenvalue weighted by Gasteiger charge is -2.12. The Morgan fingerprint density at radius 2 is 1.88 bits per heavy atom. The largest absolute Gasteiger partial charge is 0.462 e. The molecule has 2 rings (SSSR count). The van der Waals surface area contributed by atoms with Gasteiger partial charge in [-0.3, -0.25) is 0 Å². The SMILES string of the molecule is CCCCOC(=O)c1ccccc1NC(=O)NCCc1cccc(C)c1. The highest BCUT2D eigenvalue weighted by molar-refractivity contribution is 6.00. The number of hydrogen-bond donors (Lipinski definition) is 2. The summed E-state index contributed by atoms with van der Waals surface area (Å²) < 4.78 is 5.23. The zero-order valence-electron chi connectivity index (χ0n) is 15.4. The minimum Gasteiger partial charge on any atom is -0.462 e. The summed E-state index contributed by atoms with van der Waals surface area (Å²) in [4.78, 5) is 24.3. The van der Waals surface area contributed by atoms with Crippen LogP contribution in [-0.4, -0.2) is 25.2 Å². The quantitative estimate of drug-likeness (QED) is 0.548. The van der Waals surface area contributed by atoms with E-state index >= 15 is 0 Å². The molecule has 0 bridgehead atoms. The van der Waals surface area contributed by atoms with Crippen LogP contribution in [0.3, 0.4) is 0 Å². The molecule has 138 valence electrons. The molecular weight excluding hydrogens is 328 g/mol. The number of nitrogens with one attached hydrogen (secondary N) is 2. The maximum atomic E-state index is 12.2. The predicted octanol–water partition coefficient (Wildman–Crippen LogP) is 4.32. The molecule has 0 saturated heterocycles. The maximum Gasteiger partial charge on any atom is 0.340 e. The molecule has 2 aromatic carbocycles. The van der Waals surface area contributed by atoms with Gasteiger partial charge in [0.1, 0.15) is 0 Å². The number of rotatable bonds is 8. The van der Waals surface area contributed by atoms with Crippen molar-refractivity contribution in [1.29, 1.82) is 0 Å².